The highest BCUT2D eigenvalue weighted by Crippen LogP contribution is 2.23. The summed E-state index contributed by atoms with van der Waals surface area (Å²) in [6.45, 7) is 1.87. The second-order valence-corrected chi connectivity index (χ2v) is 4.41. The number of pyridine rings is 1. The van der Waals surface area contributed by atoms with Crippen molar-refractivity contribution in [1.82, 2.24) is 4.98 Å². The van der Waals surface area contributed by atoms with E-state index >= 15 is 0 Å². The molecule has 1 aromatic rings. The number of nitrogens with one attached hydrogen (secondary N) is 1. The molecule has 0 saturated carbocycles. The summed E-state index contributed by atoms with van der Waals surface area (Å²) in [4.78, 5) is 4.37. The number of fused-ring (bicyclic) bond motifs is 1. The van der Waals surface area contributed by atoms with Gasteiger partial charge < -0.3 is 5.32 Å². The van der Waals surface area contributed by atoms with Crippen LogP contribution >= 0.6 is 0 Å². The van der Waals surface area contributed by atoms with Gasteiger partial charge in [0, 0.05) is 18.7 Å². The second-order valence-electron chi connectivity index (χ2n) is 4.41. The van der Waals surface area contributed by atoms with Crippen molar-refractivity contribution in [2.45, 2.75) is 38.5 Å². The Kier molecular flexibility index (Phi) is 3.08. The number of anilines is 1. The zero-order valence-corrected chi connectivity index (χ0v) is 9.39. The molecule has 0 saturated heterocycles. The van der Waals surface area contributed by atoms with Crippen molar-refractivity contribution in [3.63, 3.8) is 0 Å². The summed E-state index contributed by atoms with van der Waals surface area (Å²) >= 11 is 0. The Labute approximate surface area is 94.1 Å². The van der Waals surface area contributed by atoms with E-state index in [2.05, 4.69) is 10.3 Å². The standard InChI is InChI=1S/C12H16F2N2/c1-12(13,14)7-6-10-5-4-9-3-2-8-15-11(9)16-10/h4-5H,2-3,6-8H2,1H3,(H,15,16). The number of alkyl halides is 2. The molecule has 2 rings (SSSR count). The van der Waals surface area contributed by atoms with Gasteiger partial charge in [0.15, 0.2) is 0 Å². The van der Waals surface area contributed by atoms with Crippen LogP contribution in [0.5, 0.6) is 0 Å². The molecule has 1 aliphatic rings. The van der Waals surface area contributed by atoms with E-state index in [-0.39, 0.29) is 6.42 Å². The third kappa shape index (κ3) is 2.90. The molecule has 2 heterocycles. The summed E-state index contributed by atoms with van der Waals surface area (Å²) < 4.78 is 25.4. The summed E-state index contributed by atoms with van der Waals surface area (Å²) in [6, 6.07) is 3.86. The molecule has 0 spiro atoms. The maximum atomic E-state index is 12.7. The van der Waals surface area contributed by atoms with E-state index in [9.17, 15) is 8.78 Å². The van der Waals surface area contributed by atoms with E-state index < -0.39 is 5.92 Å². The first-order valence-electron chi connectivity index (χ1n) is 5.65. The minimum Gasteiger partial charge on any atom is -0.370 e. The minimum absolute atomic E-state index is 0.140. The van der Waals surface area contributed by atoms with Crippen LogP contribution in [0.25, 0.3) is 0 Å². The topological polar surface area (TPSA) is 24.9 Å². The lowest BCUT2D eigenvalue weighted by Gasteiger charge is -2.17. The third-order valence-corrected chi connectivity index (χ3v) is 2.77. The zero-order valence-electron chi connectivity index (χ0n) is 9.39. The Hall–Kier alpha value is -1.19. The maximum Gasteiger partial charge on any atom is 0.245 e. The fourth-order valence-electron chi connectivity index (χ4n) is 1.86. The van der Waals surface area contributed by atoms with Gasteiger partial charge in [0.1, 0.15) is 5.82 Å². The summed E-state index contributed by atoms with van der Waals surface area (Å²) in [7, 11) is 0. The van der Waals surface area contributed by atoms with E-state index in [1.54, 1.807) is 0 Å². The molecular formula is C12H16F2N2. The average Bonchev–Trinajstić information content (AvgIpc) is 2.25. The highest BCUT2D eigenvalue weighted by Gasteiger charge is 2.21. The molecule has 0 atom stereocenters. The molecule has 0 radical (unpaired) electrons. The van der Waals surface area contributed by atoms with Crippen LogP contribution in [-0.4, -0.2) is 17.5 Å². The Balaban J connectivity index is 2.06. The van der Waals surface area contributed by atoms with Gasteiger partial charge in [-0.25, -0.2) is 13.8 Å². The van der Waals surface area contributed by atoms with Crippen LogP contribution in [0.15, 0.2) is 12.1 Å². The highest BCUT2D eigenvalue weighted by molar-refractivity contribution is 5.46. The van der Waals surface area contributed by atoms with E-state index in [4.69, 9.17) is 0 Å². The van der Waals surface area contributed by atoms with Crippen molar-refractivity contribution < 1.29 is 8.78 Å². The van der Waals surface area contributed by atoms with Crippen LogP contribution in [0, 0.1) is 0 Å². The number of halogens is 2. The summed E-state index contributed by atoms with van der Waals surface area (Å²) in [6.07, 6.45) is 2.33. The first-order chi connectivity index (χ1) is 7.54. The summed E-state index contributed by atoms with van der Waals surface area (Å²) in [5, 5.41) is 3.20. The van der Waals surface area contributed by atoms with Gasteiger partial charge in [-0.1, -0.05) is 6.07 Å². The lowest BCUT2D eigenvalue weighted by molar-refractivity contribution is 0.0131. The average molecular weight is 226 g/mol. The number of nitrogens with zero attached hydrogens (tertiary/aromatic N) is 1. The molecule has 0 fully saturated rings. The number of hydrogen-bond donors (Lipinski definition) is 1. The molecule has 1 aliphatic heterocycles. The Morgan fingerprint density at radius 2 is 2.25 bits per heavy atom. The van der Waals surface area contributed by atoms with Crippen LogP contribution in [0.3, 0.4) is 0 Å². The molecule has 1 N–H and O–H groups in total. The predicted molar refractivity (Wildman–Crippen MR) is 60.0 cm³/mol. The number of aryl methyl sites for hydroxylation is 2. The van der Waals surface area contributed by atoms with E-state index in [1.807, 2.05) is 12.1 Å². The lowest BCUT2D eigenvalue weighted by atomic mass is 10.1. The molecule has 0 aliphatic carbocycles. The first-order valence-corrected chi connectivity index (χ1v) is 5.65. The molecule has 0 unspecified atom stereocenters. The fraction of sp³-hybridized carbons (Fsp3) is 0.583. The monoisotopic (exact) mass is 226 g/mol. The van der Waals surface area contributed by atoms with Crippen LogP contribution in [0.4, 0.5) is 14.6 Å². The van der Waals surface area contributed by atoms with Crippen LogP contribution in [-0.2, 0) is 12.8 Å². The Morgan fingerprint density at radius 3 is 3.00 bits per heavy atom. The molecule has 16 heavy (non-hydrogen) atoms. The van der Waals surface area contributed by atoms with Crippen molar-refractivity contribution in [3.8, 4) is 0 Å². The van der Waals surface area contributed by atoms with Crippen molar-refractivity contribution in [3.05, 3.63) is 23.4 Å². The Bertz CT molecular complexity index is 372. The molecule has 1 aromatic heterocycles. The van der Waals surface area contributed by atoms with Crippen molar-refractivity contribution >= 4 is 5.82 Å². The van der Waals surface area contributed by atoms with Gasteiger partial charge in [-0.2, -0.15) is 0 Å². The molecule has 0 bridgehead atoms. The van der Waals surface area contributed by atoms with E-state index in [1.165, 1.54) is 5.56 Å². The zero-order chi connectivity index (χ0) is 11.6. The van der Waals surface area contributed by atoms with Crippen molar-refractivity contribution in [2.75, 3.05) is 11.9 Å². The van der Waals surface area contributed by atoms with Crippen LogP contribution < -0.4 is 5.32 Å². The van der Waals surface area contributed by atoms with Gasteiger partial charge in [0.25, 0.3) is 0 Å². The normalized spacial score (nSPS) is 15.4. The van der Waals surface area contributed by atoms with Gasteiger partial charge in [0.05, 0.1) is 0 Å². The first kappa shape index (κ1) is 11.3. The predicted octanol–water partition coefficient (Wildman–Crippen LogP) is 3.03. The molecule has 0 aromatic carbocycles. The van der Waals surface area contributed by atoms with Gasteiger partial charge in [-0.05, 0) is 37.8 Å². The van der Waals surface area contributed by atoms with Gasteiger partial charge in [0.2, 0.25) is 5.92 Å². The Morgan fingerprint density at radius 1 is 1.44 bits per heavy atom. The number of hydrogen-bond acceptors (Lipinski definition) is 2. The van der Waals surface area contributed by atoms with Crippen molar-refractivity contribution in [1.29, 1.82) is 0 Å². The molecular weight excluding hydrogens is 210 g/mol. The second kappa shape index (κ2) is 4.36. The van der Waals surface area contributed by atoms with Crippen molar-refractivity contribution in [2.24, 2.45) is 0 Å². The van der Waals surface area contributed by atoms with E-state index in [0.717, 1.165) is 37.8 Å². The minimum atomic E-state index is -2.61. The summed E-state index contributed by atoms with van der Waals surface area (Å²) in [5.41, 5.74) is 1.94. The van der Waals surface area contributed by atoms with Crippen LogP contribution in [0.2, 0.25) is 0 Å². The third-order valence-electron chi connectivity index (χ3n) is 2.77. The molecule has 2 nitrogen and oxygen atoms in total. The SMILES string of the molecule is CC(F)(F)CCc1ccc2c(n1)NCCC2. The maximum absolute atomic E-state index is 12.7. The summed E-state index contributed by atoms with van der Waals surface area (Å²) in [5.74, 6) is -1.73. The smallest absolute Gasteiger partial charge is 0.245 e. The van der Waals surface area contributed by atoms with E-state index in [0.29, 0.717) is 6.42 Å². The molecule has 4 heteroatoms. The van der Waals surface area contributed by atoms with Gasteiger partial charge in [-0.3, -0.25) is 0 Å². The quantitative estimate of drug-likeness (QED) is 0.856. The highest BCUT2D eigenvalue weighted by atomic mass is 19.3. The number of aromatic nitrogens is 1. The molecule has 88 valence electrons. The largest absolute Gasteiger partial charge is 0.370 e. The van der Waals surface area contributed by atoms with Crippen LogP contribution in [0.1, 0.15) is 31.0 Å². The van der Waals surface area contributed by atoms with Gasteiger partial charge >= 0.3 is 0 Å². The fourth-order valence-corrected chi connectivity index (χ4v) is 1.86. The van der Waals surface area contributed by atoms with Gasteiger partial charge in [-0.15, -0.1) is 0 Å². The molecule has 0 amide bonds. The number of rotatable bonds is 3. The lowest BCUT2D eigenvalue weighted by Crippen LogP contribution is -2.15.